The number of piperidine rings is 1. The van der Waals surface area contributed by atoms with E-state index in [0.717, 1.165) is 51.4 Å². The molecule has 0 aromatic rings. The molecule has 0 radical (unpaired) electrons. The third-order valence-corrected chi connectivity index (χ3v) is 9.13. The number of nitrogens with one attached hydrogen (secondary N) is 2. The number of nitriles is 1. The van der Waals surface area contributed by atoms with Crippen molar-refractivity contribution >= 4 is 17.9 Å². The number of carbonyl (C=O) groups excluding carboxylic acids is 3. The van der Waals surface area contributed by atoms with Gasteiger partial charge in [0.25, 0.3) is 0 Å². The Labute approximate surface area is 234 Å². The van der Waals surface area contributed by atoms with Crippen molar-refractivity contribution in [3.05, 3.63) is 0 Å². The van der Waals surface area contributed by atoms with Crippen molar-refractivity contribution in [2.75, 3.05) is 6.54 Å². The SMILES string of the molecule is CC(C)(C)OC(=O)N[C@@H]1C(=O)N2CC3[C@@H]([C@H]2C(=O)N[C@H](C(O)C#N)CCCCCCCCCC1(C)C)C3(C)C. The van der Waals surface area contributed by atoms with Crippen LogP contribution >= 0.6 is 0 Å². The smallest absolute Gasteiger partial charge is 0.408 e. The minimum atomic E-state index is -1.31. The van der Waals surface area contributed by atoms with Gasteiger partial charge in [-0.1, -0.05) is 72.6 Å². The zero-order chi connectivity index (χ0) is 29.2. The molecule has 2 unspecified atom stereocenters. The average molecular weight is 547 g/mol. The number of ether oxygens (including phenoxy) is 1. The van der Waals surface area contributed by atoms with E-state index < -0.39 is 41.3 Å². The number of alkyl carbamates (subject to hydrolysis) is 1. The maximum atomic E-state index is 14.3. The van der Waals surface area contributed by atoms with Crippen molar-refractivity contribution in [2.24, 2.45) is 22.7 Å². The van der Waals surface area contributed by atoms with E-state index in [-0.39, 0.29) is 29.1 Å². The Balaban J connectivity index is 1.94. The molecule has 3 amide bonds. The van der Waals surface area contributed by atoms with Crippen LogP contribution in [-0.2, 0) is 14.3 Å². The fourth-order valence-corrected chi connectivity index (χ4v) is 6.64. The first kappa shape index (κ1) is 31.2. The molecule has 3 fully saturated rings. The Bertz CT molecular complexity index is 950. The minimum Gasteiger partial charge on any atom is -0.444 e. The summed E-state index contributed by atoms with van der Waals surface area (Å²) in [6, 6.07) is -0.396. The molecule has 0 aromatic heterocycles. The lowest BCUT2D eigenvalue weighted by atomic mass is 9.78. The molecule has 0 spiro atoms. The first-order valence-electron chi connectivity index (χ1n) is 14.8. The zero-order valence-electron chi connectivity index (χ0n) is 25.0. The van der Waals surface area contributed by atoms with Crippen LogP contribution in [0.4, 0.5) is 4.79 Å². The minimum absolute atomic E-state index is 0.0197. The summed E-state index contributed by atoms with van der Waals surface area (Å²) in [5.74, 6) is -0.462. The van der Waals surface area contributed by atoms with Crippen LogP contribution in [0.5, 0.6) is 0 Å². The van der Waals surface area contributed by atoms with Crippen molar-refractivity contribution in [1.82, 2.24) is 15.5 Å². The summed E-state index contributed by atoms with van der Waals surface area (Å²) < 4.78 is 5.53. The van der Waals surface area contributed by atoms with Gasteiger partial charge in [0.05, 0.1) is 12.1 Å². The summed E-state index contributed by atoms with van der Waals surface area (Å²) in [5, 5.41) is 25.6. The largest absolute Gasteiger partial charge is 0.444 e. The van der Waals surface area contributed by atoms with E-state index in [9.17, 15) is 24.8 Å². The molecule has 3 N–H and O–H groups in total. The highest BCUT2D eigenvalue weighted by molar-refractivity contribution is 5.93. The second kappa shape index (κ2) is 12.0. The fraction of sp³-hybridized carbons (Fsp3) is 0.867. The highest BCUT2D eigenvalue weighted by Crippen LogP contribution is 2.65. The van der Waals surface area contributed by atoms with E-state index in [1.54, 1.807) is 25.7 Å². The summed E-state index contributed by atoms with van der Waals surface area (Å²) in [7, 11) is 0. The lowest BCUT2D eigenvalue weighted by molar-refractivity contribution is -0.144. The summed E-state index contributed by atoms with van der Waals surface area (Å²) in [5.41, 5.74) is -1.37. The molecule has 39 heavy (non-hydrogen) atoms. The van der Waals surface area contributed by atoms with Gasteiger partial charge in [-0.25, -0.2) is 4.79 Å². The Kier molecular flexibility index (Phi) is 9.63. The second-order valence-electron chi connectivity index (χ2n) is 14.2. The van der Waals surface area contributed by atoms with Gasteiger partial charge in [-0.3, -0.25) is 9.59 Å². The lowest BCUT2D eigenvalue weighted by Gasteiger charge is -2.39. The molecule has 1 aliphatic carbocycles. The Hall–Kier alpha value is -2.34. The van der Waals surface area contributed by atoms with E-state index in [0.29, 0.717) is 13.0 Å². The summed E-state index contributed by atoms with van der Waals surface area (Å²) in [6.45, 7) is 14.0. The van der Waals surface area contributed by atoms with Gasteiger partial charge in [0.2, 0.25) is 11.8 Å². The molecule has 0 bridgehead atoms. The molecule has 9 heteroatoms. The van der Waals surface area contributed by atoms with Gasteiger partial charge in [-0.2, -0.15) is 5.26 Å². The number of aliphatic hydroxyl groups excluding tert-OH is 1. The van der Waals surface area contributed by atoms with Crippen LogP contribution in [0.3, 0.4) is 0 Å². The summed E-state index contributed by atoms with van der Waals surface area (Å²) in [4.78, 5) is 42.6. The van der Waals surface area contributed by atoms with Crippen LogP contribution in [0.2, 0.25) is 0 Å². The van der Waals surface area contributed by atoms with Crippen molar-refractivity contribution in [3.8, 4) is 6.07 Å². The fourth-order valence-electron chi connectivity index (χ4n) is 6.64. The van der Waals surface area contributed by atoms with E-state index >= 15 is 0 Å². The second-order valence-corrected chi connectivity index (χ2v) is 14.2. The van der Waals surface area contributed by atoms with Gasteiger partial charge in [0.15, 0.2) is 6.10 Å². The molecule has 2 aliphatic heterocycles. The normalized spacial score (nSPS) is 32.5. The molecular weight excluding hydrogens is 496 g/mol. The standard InChI is InChI=1S/C30H50N4O5/c1-28(2,3)39-27(38)33-24-26(37)34-18-19-22(30(19,6)7)23(34)25(36)32-20(21(35)17-31)15-13-11-9-8-10-12-14-16-29(24,4)5/h19-24,35H,8-16,18H2,1-7H3,(H,32,36)(H,33,38)/t19?,20-,21?,22-,23-,24+/m0/s1. The number of nitrogens with zero attached hydrogens (tertiary/aromatic N) is 2. The van der Waals surface area contributed by atoms with Gasteiger partial charge in [-0.15, -0.1) is 0 Å². The van der Waals surface area contributed by atoms with Crippen LogP contribution in [0.15, 0.2) is 0 Å². The number of hydrogen-bond donors (Lipinski definition) is 3. The van der Waals surface area contributed by atoms with E-state index in [1.807, 2.05) is 19.9 Å². The van der Waals surface area contributed by atoms with Crippen LogP contribution in [0, 0.1) is 34.0 Å². The molecule has 2 saturated heterocycles. The van der Waals surface area contributed by atoms with Gasteiger partial charge < -0.3 is 25.4 Å². The molecule has 9 nitrogen and oxygen atoms in total. The van der Waals surface area contributed by atoms with Gasteiger partial charge in [0.1, 0.15) is 17.7 Å². The zero-order valence-corrected chi connectivity index (χ0v) is 25.0. The maximum Gasteiger partial charge on any atom is 0.408 e. The Morgan fingerprint density at radius 3 is 2.28 bits per heavy atom. The van der Waals surface area contributed by atoms with Crippen molar-refractivity contribution in [1.29, 1.82) is 5.26 Å². The number of aliphatic hydroxyl groups is 1. The van der Waals surface area contributed by atoms with E-state index in [2.05, 4.69) is 24.5 Å². The highest BCUT2D eigenvalue weighted by Gasteiger charge is 2.70. The topological polar surface area (TPSA) is 132 Å². The molecule has 3 rings (SSSR count). The molecule has 0 aromatic carbocycles. The highest BCUT2D eigenvalue weighted by atomic mass is 16.6. The van der Waals surface area contributed by atoms with Crippen molar-refractivity contribution < 1.29 is 24.2 Å². The van der Waals surface area contributed by atoms with E-state index in [1.165, 1.54) is 0 Å². The number of amides is 3. The quantitative estimate of drug-likeness (QED) is 0.443. The first-order chi connectivity index (χ1) is 18.1. The van der Waals surface area contributed by atoms with Crippen molar-refractivity contribution in [3.63, 3.8) is 0 Å². The Morgan fingerprint density at radius 1 is 1.10 bits per heavy atom. The van der Waals surface area contributed by atoms with Crippen LogP contribution in [0.1, 0.15) is 106 Å². The lowest BCUT2D eigenvalue weighted by Crippen LogP contribution is -2.61. The van der Waals surface area contributed by atoms with Gasteiger partial charge >= 0.3 is 6.09 Å². The average Bonchev–Trinajstić information content (AvgIpc) is 3.16. The number of fused-ring (bicyclic) bond motifs is 3. The van der Waals surface area contributed by atoms with Crippen LogP contribution in [0.25, 0.3) is 0 Å². The van der Waals surface area contributed by atoms with Gasteiger partial charge in [0, 0.05) is 6.54 Å². The number of carbonyl (C=O) groups is 3. The molecule has 3 aliphatic rings. The predicted molar refractivity (Wildman–Crippen MR) is 148 cm³/mol. The first-order valence-corrected chi connectivity index (χ1v) is 14.8. The molecular formula is C30H50N4O5. The molecule has 220 valence electrons. The maximum absolute atomic E-state index is 14.3. The molecule has 6 atom stereocenters. The number of hydrogen-bond acceptors (Lipinski definition) is 6. The third-order valence-electron chi connectivity index (χ3n) is 9.13. The predicted octanol–water partition coefficient (Wildman–Crippen LogP) is 4.28. The summed E-state index contributed by atoms with van der Waals surface area (Å²) >= 11 is 0. The van der Waals surface area contributed by atoms with Crippen molar-refractivity contribution in [2.45, 2.75) is 136 Å². The van der Waals surface area contributed by atoms with E-state index in [4.69, 9.17) is 4.74 Å². The Morgan fingerprint density at radius 2 is 1.69 bits per heavy atom. The number of rotatable bonds is 2. The third kappa shape index (κ3) is 7.45. The monoisotopic (exact) mass is 546 g/mol. The van der Waals surface area contributed by atoms with Crippen LogP contribution in [-0.4, -0.2) is 64.3 Å². The molecule has 2 heterocycles. The molecule has 1 saturated carbocycles. The summed E-state index contributed by atoms with van der Waals surface area (Å²) in [6.07, 6.45) is 6.28. The van der Waals surface area contributed by atoms with Gasteiger partial charge in [-0.05, 0) is 56.3 Å². The van der Waals surface area contributed by atoms with Crippen LogP contribution < -0.4 is 10.6 Å².